The van der Waals surface area contributed by atoms with Crippen molar-refractivity contribution in [1.29, 1.82) is 0 Å². The zero-order valence-corrected chi connectivity index (χ0v) is 19.0. The lowest BCUT2D eigenvalue weighted by molar-refractivity contribution is -0.142. The van der Waals surface area contributed by atoms with Gasteiger partial charge < -0.3 is 15.0 Å². The van der Waals surface area contributed by atoms with Crippen LogP contribution in [0.3, 0.4) is 0 Å². The third kappa shape index (κ3) is 5.85. The monoisotopic (exact) mass is 410 g/mol. The van der Waals surface area contributed by atoms with E-state index >= 15 is 0 Å². The lowest BCUT2D eigenvalue weighted by atomic mass is 9.86. The molecule has 0 fully saturated rings. The molecule has 0 aliphatic carbocycles. The molecule has 0 aliphatic rings. The molecule has 0 saturated carbocycles. The number of ether oxygens (including phenoxy) is 1. The summed E-state index contributed by atoms with van der Waals surface area (Å²) in [7, 11) is 1.59. The lowest BCUT2D eigenvalue weighted by Gasteiger charge is -2.31. The van der Waals surface area contributed by atoms with Crippen LogP contribution in [-0.2, 0) is 21.5 Å². The fourth-order valence-corrected chi connectivity index (χ4v) is 3.49. The van der Waals surface area contributed by atoms with Crippen LogP contribution in [0.1, 0.15) is 50.8 Å². The van der Waals surface area contributed by atoms with E-state index in [2.05, 4.69) is 26.1 Å². The molecule has 30 heavy (non-hydrogen) atoms. The van der Waals surface area contributed by atoms with Gasteiger partial charge in [-0.2, -0.15) is 0 Å². The van der Waals surface area contributed by atoms with Gasteiger partial charge in [0.05, 0.1) is 0 Å². The summed E-state index contributed by atoms with van der Waals surface area (Å²) in [5.74, 6) is 0.314. The molecule has 2 aromatic rings. The summed E-state index contributed by atoms with van der Waals surface area (Å²) >= 11 is 0. The number of nitrogens with zero attached hydrogens (tertiary/aromatic N) is 1. The minimum absolute atomic E-state index is 0.103. The molecule has 5 nitrogen and oxygen atoms in total. The lowest BCUT2D eigenvalue weighted by Crippen LogP contribution is -2.49. The van der Waals surface area contributed by atoms with Gasteiger partial charge in [-0.3, -0.25) is 9.59 Å². The van der Waals surface area contributed by atoms with Crippen LogP contribution in [0, 0.1) is 6.92 Å². The van der Waals surface area contributed by atoms with Crippen LogP contribution in [-0.4, -0.2) is 36.4 Å². The molecule has 0 aromatic heterocycles. The molecule has 0 aliphatic heterocycles. The Kier molecular flexibility index (Phi) is 8.04. The minimum atomic E-state index is -0.552. The molecule has 2 aromatic carbocycles. The Morgan fingerprint density at radius 1 is 1.07 bits per heavy atom. The number of amides is 2. The SMILES string of the molecule is CCC(C(=O)NC)N(Cc1ccccc1C)C(=O)COc1ccccc1C(C)(C)C. The molecule has 0 saturated heterocycles. The number of rotatable bonds is 8. The smallest absolute Gasteiger partial charge is 0.261 e. The second-order valence-electron chi connectivity index (χ2n) is 8.52. The van der Waals surface area contributed by atoms with Gasteiger partial charge in [-0.1, -0.05) is 70.2 Å². The molecule has 2 rings (SSSR count). The predicted octanol–water partition coefficient (Wildman–Crippen LogP) is 4.22. The van der Waals surface area contributed by atoms with Gasteiger partial charge >= 0.3 is 0 Å². The highest BCUT2D eigenvalue weighted by molar-refractivity contribution is 5.88. The zero-order valence-electron chi connectivity index (χ0n) is 19.0. The van der Waals surface area contributed by atoms with E-state index in [1.165, 1.54) is 0 Å². The van der Waals surface area contributed by atoms with Crippen LogP contribution >= 0.6 is 0 Å². The second kappa shape index (κ2) is 10.3. The average molecular weight is 411 g/mol. The van der Waals surface area contributed by atoms with Crippen molar-refractivity contribution >= 4 is 11.8 Å². The molecule has 2 amide bonds. The van der Waals surface area contributed by atoms with Crippen molar-refractivity contribution in [3.8, 4) is 5.75 Å². The van der Waals surface area contributed by atoms with Gasteiger partial charge in [-0.05, 0) is 41.5 Å². The maximum atomic E-state index is 13.2. The standard InChI is InChI=1S/C25H34N2O3/c1-7-21(24(29)26-6)27(16-19-13-9-8-12-18(19)2)23(28)17-30-22-15-11-10-14-20(22)25(3,4)5/h8-15,21H,7,16-17H2,1-6H3,(H,26,29). The highest BCUT2D eigenvalue weighted by Crippen LogP contribution is 2.31. The maximum Gasteiger partial charge on any atom is 0.261 e. The van der Waals surface area contributed by atoms with Crippen LogP contribution in [0.2, 0.25) is 0 Å². The summed E-state index contributed by atoms with van der Waals surface area (Å²) < 4.78 is 5.96. The maximum absolute atomic E-state index is 13.2. The summed E-state index contributed by atoms with van der Waals surface area (Å²) in [4.78, 5) is 27.3. The van der Waals surface area contributed by atoms with Gasteiger partial charge in [-0.15, -0.1) is 0 Å². The first-order valence-corrected chi connectivity index (χ1v) is 10.5. The molecule has 0 heterocycles. The van der Waals surface area contributed by atoms with E-state index in [0.29, 0.717) is 18.7 Å². The Labute approximate surface area is 180 Å². The van der Waals surface area contributed by atoms with Crippen LogP contribution in [0.4, 0.5) is 0 Å². The van der Waals surface area contributed by atoms with Crippen molar-refractivity contribution in [2.75, 3.05) is 13.7 Å². The predicted molar refractivity (Wildman–Crippen MR) is 121 cm³/mol. The first-order valence-electron chi connectivity index (χ1n) is 10.5. The molecular weight excluding hydrogens is 376 g/mol. The van der Waals surface area contributed by atoms with Gasteiger partial charge in [0.25, 0.3) is 5.91 Å². The summed E-state index contributed by atoms with van der Waals surface area (Å²) in [6.07, 6.45) is 0.524. The average Bonchev–Trinajstić information content (AvgIpc) is 2.72. The number of hydrogen-bond acceptors (Lipinski definition) is 3. The first-order chi connectivity index (χ1) is 14.2. The first kappa shape index (κ1) is 23.5. The fraction of sp³-hybridized carbons (Fsp3) is 0.440. The van der Waals surface area contributed by atoms with E-state index in [0.717, 1.165) is 16.7 Å². The van der Waals surface area contributed by atoms with Gasteiger partial charge in [0.15, 0.2) is 6.61 Å². The number of benzene rings is 2. The van der Waals surface area contributed by atoms with Crippen LogP contribution in [0.15, 0.2) is 48.5 Å². The van der Waals surface area contributed by atoms with Crippen LogP contribution in [0.25, 0.3) is 0 Å². The van der Waals surface area contributed by atoms with Crippen molar-refractivity contribution in [2.24, 2.45) is 0 Å². The third-order valence-electron chi connectivity index (χ3n) is 5.28. The van der Waals surface area contributed by atoms with Gasteiger partial charge in [0.1, 0.15) is 11.8 Å². The molecule has 162 valence electrons. The Balaban J connectivity index is 2.27. The summed E-state index contributed by atoms with van der Waals surface area (Å²) in [5, 5.41) is 2.68. The Hall–Kier alpha value is -2.82. The van der Waals surface area contributed by atoms with E-state index in [1.807, 2.05) is 62.4 Å². The highest BCUT2D eigenvalue weighted by Gasteiger charge is 2.29. The molecule has 1 unspecified atom stereocenters. The van der Waals surface area contributed by atoms with E-state index in [1.54, 1.807) is 11.9 Å². The molecule has 5 heteroatoms. The number of nitrogens with one attached hydrogen (secondary N) is 1. The van der Waals surface area contributed by atoms with Gasteiger partial charge in [-0.25, -0.2) is 0 Å². The second-order valence-corrected chi connectivity index (χ2v) is 8.52. The van der Waals surface area contributed by atoms with Gasteiger partial charge in [0.2, 0.25) is 5.91 Å². The largest absolute Gasteiger partial charge is 0.483 e. The molecule has 1 N–H and O–H groups in total. The Bertz CT molecular complexity index is 871. The van der Waals surface area contributed by atoms with Crippen molar-refractivity contribution in [1.82, 2.24) is 10.2 Å². The van der Waals surface area contributed by atoms with Crippen molar-refractivity contribution in [3.05, 3.63) is 65.2 Å². The third-order valence-corrected chi connectivity index (χ3v) is 5.28. The fourth-order valence-electron chi connectivity index (χ4n) is 3.49. The number of hydrogen-bond donors (Lipinski definition) is 1. The summed E-state index contributed by atoms with van der Waals surface area (Å²) in [5.41, 5.74) is 3.04. The minimum Gasteiger partial charge on any atom is -0.483 e. The Morgan fingerprint density at radius 2 is 1.70 bits per heavy atom. The van der Waals surface area contributed by atoms with E-state index in [4.69, 9.17) is 4.74 Å². The van der Waals surface area contributed by atoms with Crippen LogP contribution < -0.4 is 10.1 Å². The van der Waals surface area contributed by atoms with E-state index < -0.39 is 6.04 Å². The summed E-state index contributed by atoms with van der Waals surface area (Å²) in [6, 6.07) is 15.1. The van der Waals surface area contributed by atoms with Crippen molar-refractivity contribution in [3.63, 3.8) is 0 Å². The number of carbonyl (C=O) groups excluding carboxylic acids is 2. The molecule has 0 spiro atoms. The molecular formula is C25H34N2O3. The molecule has 0 radical (unpaired) electrons. The van der Waals surface area contributed by atoms with E-state index in [-0.39, 0.29) is 23.8 Å². The number of carbonyl (C=O) groups is 2. The number of aryl methyl sites for hydroxylation is 1. The van der Waals surface area contributed by atoms with Crippen LogP contribution in [0.5, 0.6) is 5.75 Å². The van der Waals surface area contributed by atoms with Gasteiger partial charge in [0, 0.05) is 13.6 Å². The number of likely N-dealkylation sites (N-methyl/N-ethyl adjacent to an activating group) is 1. The molecule has 1 atom stereocenters. The quantitative estimate of drug-likeness (QED) is 0.709. The normalized spacial score (nSPS) is 12.2. The summed E-state index contributed by atoms with van der Waals surface area (Å²) in [6.45, 7) is 10.5. The van der Waals surface area contributed by atoms with Crippen molar-refractivity contribution in [2.45, 2.75) is 59.0 Å². The van der Waals surface area contributed by atoms with Crippen molar-refractivity contribution < 1.29 is 14.3 Å². The highest BCUT2D eigenvalue weighted by atomic mass is 16.5. The topological polar surface area (TPSA) is 58.6 Å². The zero-order chi connectivity index (χ0) is 22.3. The number of para-hydroxylation sites is 1. The molecule has 0 bridgehead atoms. The van der Waals surface area contributed by atoms with E-state index in [9.17, 15) is 9.59 Å². The Morgan fingerprint density at radius 3 is 2.30 bits per heavy atom.